The molecule has 0 spiro atoms. The highest BCUT2D eigenvalue weighted by Crippen LogP contribution is 2.32. The summed E-state index contributed by atoms with van der Waals surface area (Å²) in [4.78, 5) is 28.3. The van der Waals surface area contributed by atoms with Gasteiger partial charge >= 0.3 is 0 Å². The van der Waals surface area contributed by atoms with Gasteiger partial charge in [-0.3, -0.25) is 9.59 Å². The van der Waals surface area contributed by atoms with Crippen LogP contribution in [-0.2, 0) is 16.0 Å². The third-order valence-corrected chi connectivity index (χ3v) is 4.65. The minimum atomic E-state index is -0.534. The van der Waals surface area contributed by atoms with Crippen LogP contribution < -0.4 is 15.4 Å². The van der Waals surface area contributed by atoms with E-state index in [1.54, 1.807) is 31.3 Å². The summed E-state index contributed by atoms with van der Waals surface area (Å²) in [5.74, 6) is 1.39. The van der Waals surface area contributed by atoms with Gasteiger partial charge in [0.2, 0.25) is 5.91 Å². The van der Waals surface area contributed by atoms with Crippen molar-refractivity contribution < 1.29 is 18.7 Å². The molecule has 148 valence electrons. The molecule has 29 heavy (non-hydrogen) atoms. The maximum atomic E-state index is 12.3. The highest BCUT2D eigenvalue weighted by atomic mass is 16.5. The van der Waals surface area contributed by atoms with Crippen LogP contribution >= 0.6 is 0 Å². The minimum Gasteiger partial charge on any atom is -0.479 e. The number of aromatic nitrogens is 1. The molecule has 4 rings (SSSR count). The average Bonchev–Trinajstić information content (AvgIpc) is 3.17. The SMILES string of the molecule is Cc1ccc(-c2cnc(CCC(=O)Nc3ccc4c(c3)NC(=O)C(C)O4)o2)cc1. The fourth-order valence-corrected chi connectivity index (χ4v) is 3.01. The molecule has 7 heteroatoms. The second-order valence-electron chi connectivity index (χ2n) is 6.99. The molecule has 3 aromatic rings. The summed E-state index contributed by atoms with van der Waals surface area (Å²) in [5.41, 5.74) is 3.25. The lowest BCUT2D eigenvalue weighted by Gasteiger charge is -2.23. The Hall–Kier alpha value is -3.61. The summed E-state index contributed by atoms with van der Waals surface area (Å²) in [7, 11) is 0. The van der Waals surface area contributed by atoms with Gasteiger partial charge in [0.15, 0.2) is 17.8 Å². The maximum absolute atomic E-state index is 12.3. The third kappa shape index (κ3) is 4.29. The first-order chi connectivity index (χ1) is 14.0. The molecule has 1 aromatic heterocycles. The summed E-state index contributed by atoms with van der Waals surface area (Å²) in [5, 5.41) is 5.58. The molecule has 2 amide bonds. The topological polar surface area (TPSA) is 93.5 Å². The van der Waals surface area contributed by atoms with E-state index in [1.807, 2.05) is 31.2 Å². The van der Waals surface area contributed by atoms with E-state index in [4.69, 9.17) is 9.15 Å². The van der Waals surface area contributed by atoms with Crippen LogP contribution in [0.25, 0.3) is 11.3 Å². The molecule has 1 aliphatic heterocycles. The van der Waals surface area contributed by atoms with Crippen LogP contribution in [0.1, 0.15) is 24.8 Å². The van der Waals surface area contributed by atoms with Gasteiger partial charge in [-0.05, 0) is 32.0 Å². The molecule has 0 radical (unpaired) electrons. The Morgan fingerprint density at radius 1 is 1.21 bits per heavy atom. The first-order valence-corrected chi connectivity index (χ1v) is 9.41. The smallest absolute Gasteiger partial charge is 0.265 e. The fourth-order valence-electron chi connectivity index (χ4n) is 3.01. The van der Waals surface area contributed by atoms with Crippen molar-refractivity contribution in [3.63, 3.8) is 0 Å². The van der Waals surface area contributed by atoms with Crippen LogP contribution in [-0.4, -0.2) is 22.9 Å². The van der Waals surface area contributed by atoms with Crippen molar-refractivity contribution >= 4 is 23.2 Å². The zero-order valence-electron chi connectivity index (χ0n) is 16.2. The molecule has 0 aliphatic carbocycles. The minimum absolute atomic E-state index is 0.170. The quantitative estimate of drug-likeness (QED) is 0.687. The van der Waals surface area contributed by atoms with Gasteiger partial charge in [0.25, 0.3) is 5.91 Å². The number of carbonyl (C=O) groups excluding carboxylic acids is 2. The number of benzene rings is 2. The molecule has 1 unspecified atom stereocenters. The number of ether oxygens (including phenoxy) is 1. The lowest BCUT2D eigenvalue weighted by Crippen LogP contribution is -2.34. The lowest BCUT2D eigenvalue weighted by atomic mass is 10.1. The number of amides is 2. The molecule has 0 fully saturated rings. The number of hydrogen-bond acceptors (Lipinski definition) is 5. The first-order valence-electron chi connectivity index (χ1n) is 9.41. The number of anilines is 2. The Balaban J connectivity index is 1.34. The highest BCUT2D eigenvalue weighted by Gasteiger charge is 2.23. The average molecular weight is 391 g/mol. The van der Waals surface area contributed by atoms with Gasteiger partial charge in [-0.2, -0.15) is 0 Å². The first kappa shape index (κ1) is 18.7. The van der Waals surface area contributed by atoms with Crippen LogP contribution in [0.3, 0.4) is 0 Å². The van der Waals surface area contributed by atoms with Crippen molar-refractivity contribution in [1.82, 2.24) is 4.98 Å². The van der Waals surface area contributed by atoms with Crippen LogP contribution in [0.4, 0.5) is 11.4 Å². The van der Waals surface area contributed by atoms with Gasteiger partial charge < -0.3 is 19.8 Å². The molecular formula is C22H21N3O4. The van der Waals surface area contributed by atoms with Gasteiger partial charge in [0.1, 0.15) is 5.75 Å². The summed E-state index contributed by atoms with van der Waals surface area (Å²) in [6, 6.07) is 13.1. The van der Waals surface area contributed by atoms with Crippen molar-refractivity contribution in [3.05, 3.63) is 60.1 Å². The number of aryl methyl sites for hydroxylation is 2. The molecule has 1 aliphatic rings. The van der Waals surface area contributed by atoms with E-state index >= 15 is 0 Å². The van der Waals surface area contributed by atoms with Crippen molar-refractivity contribution in [1.29, 1.82) is 0 Å². The van der Waals surface area contributed by atoms with Gasteiger partial charge in [-0.1, -0.05) is 29.8 Å². The van der Waals surface area contributed by atoms with E-state index in [1.165, 1.54) is 5.56 Å². The Morgan fingerprint density at radius 2 is 2.00 bits per heavy atom. The third-order valence-electron chi connectivity index (χ3n) is 4.65. The van der Waals surface area contributed by atoms with Crippen molar-refractivity contribution in [2.45, 2.75) is 32.8 Å². The van der Waals surface area contributed by atoms with Crippen molar-refractivity contribution in [2.75, 3.05) is 10.6 Å². The van der Waals surface area contributed by atoms with Crippen molar-refractivity contribution in [2.24, 2.45) is 0 Å². The lowest BCUT2D eigenvalue weighted by molar-refractivity contribution is -0.122. The monoisotopic (exact) mass is 391 g/mol. The Morgan fingerprint density at radius 3 is 2.79 bits per heavy atom. The Bertz CT molecular complexity index is 1060. The number of rotatable bonds is 5. The zero-order chi connectivity index (χ0) is 20.4. The standard InChI is InChI=1S/C22H21N3O4/c1-13-3-5-15(6-4-13)19-12-23-21(29-19)10-9-20(26)24-16-7-8-18-17(11-16)25-22(27)14(2)28-18/h3-8,11-12,14H,9-10H2,1-2H3,(H,24,26)(H,25,27). The van der Waals surface area contributed by atoms with Gasteiger partial charge in [0, 0.05) is 24.1 Å². The second kappa shape index (κ2) is 7.79. The van der Waals surface area contributed by atoms with E-state index in [0.29, 0.717) is 35.2 Å². The number of hydrogen-bond donors (Lipinski definition) is 2. The fraction of sp³-hybridized carbons (Fsp3) is 0.227. The molecular weight excluding hydrogens is 370 g/mol. The molecule has 1 atom stereocenters. The van der Waals surface area contributed by atoms with Gasteiger partial charge in [-0.15, -0.1) is 0 Å². The molecule has 0 saturated heterocycles. The maximum Gasteiger partial charge on any atom is 0.265 e. The summed E-state index contributed by atoms with van der Waals surface area (Å²) in [6.45, 7) is 3.71. The molecule has 2 N–H and O–H groups in total. The predicted molar refractivity (Wildman–Crippen MR) is 109 cm³/mol. The van der Waals surface area contributed by atoms with Gasteiger partial charge in [-0.25, -0.2) is 4.98 Å². The number of nitrogens with zero attached hydrogens (tertiary/aromatic N) is 1. The Kier molecular flexibility index (Phi) is 5.03. The van der Waals surface area contributed by atoms with E-state index < -0.39 is 6.10 Å². The molecule has 0 bridgehead atoms. The molecule has 7 nitrogen and oxygen atoms in total. The van der Waals surface area contributed by atoms with E-state index in [2.05, 4.69) is 15.6 Å². The normalized spacial score (nSPS) is 15.2. The number of carbonyl (C=O) groups is 2. The Labute approximate surface area is 168 Å². The van der Waals surface area contributed by atoms with E-state index in [0.717, 1.165) is 5.56 Å². The summed E-state index contributed by atoms with van der Waals surface area (Å²) in [6.07, 6.45) is 1.75. The number of oxazole rings is 1. The van der Waals surface area contributed by atoms with Crippen LogP contribution in [0.5, 0.6) is 5.75 Å². The molecule has 2 heterocycles. The van der Waals surface area contributed by atoms with E-state index in [-0.39, 0.29) is 18.2 Å². The molecule has 2 aromatic carbocycles. The van der Waals surface area contributed by atoms with Gasteiger partial charge in [0.05, 0.1) is 11.9 Å². The summed E-state index contributed by atoms with van der Waals surface area (Å²) >= 11 is 0. The molecule has 0 saturated carbocycles. The summed E-state index contributed by atoms with van der Waals surface area (Å²) < 4.78 is 11.3. The van der Waals surface area contributed by atoms with Crippen LogP contribution in [0.2, 0.25) is 0 Å². The second-order valence-corrected chi connectivity index (χ2v) is 6.99. The highest BCUT2D eigenvalue weighted by molar-refractivity contribution is 5.99. The number of nitrogens with one attached hydrogen (secondary N) is 2. The van der Waals surface area contributed by atoms with E-state index in [9.17, 15) is 9.59 Å². The largest absolute Gasteiger partial charge is 0.479 e. The zero-order valence-corrected chi connectivity index (χ0v) is 16.2. The number of fused-ring (bicyclic) bond motifs is 1. The van der Waals surface area contributed by atoms with Crippen molar-refractivity contribution in [3.8, 4) is 17.1 Å². The van der Waals surface area contributed by atoms with Crippen LogP contribution in [0, 0.1) is 6.92 Å². The predicted octanol–water partition coefficient (Wildman–Crippen LogP) is 3.94. The van der Waals surface area contributed by atoms with Crippen LogP contribution in [0.15, 0.2) is 53.1 Å².